The number of aromatic nitrogens is 2. The second-order valence-electron chi connectivity index (χ2n) is 9.21. The van der Waals surface area contributed by atoms with E-state index in [-0.39, 0.29) is 23.1 Å². The highest BCUT2D eigenvalue weighted by molar-refractivity contribution is 8.77. The monoisotopic (exact) mass is 705 g/mol. The van der Waals surface area contributed by atoms with Crippen molar-refractivity contribution in [1.29, 1.82) is 0 Å². The van der Waals surface area contributed by atoms with E-state index in [4.69, 9.17) is 29.5 Å². The van der Waals surface area contributed by atoms with Gasteiger partial charge in [-0.25, -0.2) is 23.3 Å². The van der Waals surface area contributed by atoms with E-state index in [9.17, 15) is 33.1 Å². The van der Waals surface area contributed by atoms with Crippen LogP contribution in [-0.2, 0) is 36.3 Å². The quantitative estimate of drug-likeness (QED) is 0.107. The van der Waals surface area contributed by atoms with Gasteiger partial charge in [-0.2, -0.15) is 13.6 Å². The van der Waals surface area contributed by atoms with Crippen LogP contribution in [0.1, 0.15) is 54.6 Å². The van der Waals surface area contributed by atoms with E-state index in [1.165, 1.54) is 12.3 Å². The molecule has 43 heavy (non-hydrogen) atoms. The zero-order valence-electron chi connectivity index (χ0n) is 22.8. The summed E-state index contributed by atoms with van der Waals surface area (Å²) in [6, 6.07) is 8.07. The summed E-state index contributed by atoms with van der Waals surface area (Å²) in [7, 11) is -13.7. The molecular weight excluding hydrogens is 675 g/mol. The minimum Gasteiger partial charge on any atom is -0.456 e. The average molecular weight is 706 g/mol. The Bertz CT molecular complexity index is 1500. The fourth-order valence-electron chi connectivity index (χ4n) is 3.75. The lowest BCUT2D eigenvalue weighted by atomic mass is 10.0. The Hall–Kier alpha value is -1.56. The van der Waals surface area contributed by atoms with E-state index in [2.05, 4.69) is 13.6 Å². The third-order valence-electron chi connectivity index (χ3n) is 5.43. The molecule has 0 bridgehead atoms. The van der Waals surface area contributed by atoms with Crippen LogP contribution in [0.15, 0.2) is 41.3 Å². The van der Waals surface area contributed by atoms with E-state index in [1.807, 2.05) is 20.8 Å². The first-order valence-electron chi connectivity index (χ1n) is 12.3. The summed E-state index contributed by atoms with van der Waals surface area (Å²) < 4.78 is 59.5. The Labute approximate surface area is 253 Å². The number of carbonyl (C=O) groups excluding carboxylic acids is 1. The molecule has 22 heteroatoms. The smallest absolute Gasteiger partial charge is 0.456 e. The molecule has 2 heterocycles. The topological polar surface area (TPSA) is 256 Å². The highest BCUT2D eigenvalue weighted by atomic mass is 33.1. The number of hydrogen-bond donors (Lipinski definition) is 5. The van der Waals surface area contributed by atoms with Gasteiger partial charge in [-0.15, -0.1) is 0 Å². The molecule has 0 spiro atoms. The van der Waals surface area contributed by atoms with Gasteiger partial charge < -0.3 is 34.8 Å². The molecule has 6 atom stereocenters. The highest BCUT2D eigenvalue weighted by Crippen LogP contribution is 2.66. The fourth-order valence-corrected chi connectivity index (χ4v) is 8.95. The molecule has 1 aromatic carbocycles. The molecule has 3 rings (SSSR count). The van der Waals surface area contributed by atoms with Gasteiger partial charge in [-0.1, -0.05) is 53.6 Å². The van der Waals surface area contributed by atoms with Crippen LogP contribution in [0.3, 0.4) is 0 Å². The van der Waals surface area contributed by atoms with Crippen molar-refractivity contribution in [1.82, 2.24) is 9.55 Å². The number of esters is 1. The maximum atomic E-state index is 13.4. The van der Waals surface area contributed by atoms with Crippen molar-refractivity contribution in [2.45, 2.75) is 56.1 Å². The lowest BCUT2D eigenvalue weighted by Gasteiger charge is -2.22. The maximum absolute atomic E-state index is 13.4. The normalized spacial score (nSPS) is 22.6. The van der Waals surface area contributed by atoms with Crippen LogP contribution in [0.25, 0.3) is 0 Å². The predicted molar refractivity (Wildman–Crippen MR) is 156 cm³/mol. The first kappa shape index (κ1) is 35.9. The molecule has 6 N–H and O–H groups in total. The number of nitrogen functional groups attached to an aromatic ring is 1. The third kappa shape index (κ3) is 11.1. The molecule has 17 nitrogen and oxygen atoms in total. The van der Waals surface area contributed by atoms with Crippen molar-refractivity contribution >= 4 is 56.8 Å². The van der Waals surface area contributed by atoms with Gasteiger partial charge >= 0.3 is 35.1 Å². The van der Waals surface area contributed by atoms with Crippen molar-refractivity contribution in [2.24, 2.45) is 0 Å². The van der Waals surface area contributed by atoms with Gasteiger partial charge in [0.2, 0.25) is 0 Å². The molecule has 1 aliphatic heterocycles. The molecule has 1 aromatic heterocycles. The van der Waals surface area contributed by atoms with Gasteiger partial charge in [0.15, 0.2) is 0 Å². The van der Waals surface area contributed by atoms with Gasteiger partial charge in [-0.3, -0.25) is 9.09 Å². The lowest BCUT2D eigenvalue weighted by Crippen LogP contribution is -2.31. The number of nitrogens with two attached hydrogens (primary N) is 1. The Morgan fingerprint density at radius 3 is 2.40 bits per heavy atom. The number of carbonyl (C=O) groups is 1. The Balaban J connectivity index is 1.82. The molecule has 1 saturated heterocycles. The summed E-state index contributed by atoms with van der Waals surface area (Å²) in [4.78, 5) is 66.1. The largest absolute Gasteiger partial charge is 0.490 e. The molecule has 4 unspecified atom stereocenters. The van der Waals surface area contributed by atoms with Crippen molar-refractivity contribution in [3.8, 4) is 0 Å². The molecule has 1 fully saturated rings. The average Bonchev–Trinajstić information content (AvgIpc) is 3.26. The molecule has 0 aliphatic carbocycles. The molecule has 0 saturated carbocycles. The fraction of sp³-hybridized carbons (Fsp3) is 0.476. The third-order valence-corrected chi connectivity index (χ3v) is 12.6. The number of hydrogen-bond acceptors (Lipinski definition) is 14. The Morgan fingerprint density at radius 2 is 1.77 bits per heavy atom. The van der Waals surface area contributed by atoms with Crippen LogP contribution in [0.2, 0.25) is 0 Å². The van der Waals surface area contributed by atoms with E-state index >= 15 is 0 Å². The van der Waals surface area contributed by atoms with E-state index in [0.29, 0.717) is 10.8 Å². The summed E-state index contributed by atoms with van der Waals surface area (Å²) >= 11 is 0. The number of anilines is 1. The zero-order chi connectivity index (χ0) is 32.2. The standard InChI is InChI=1S/C21H30N3O14P3S2/c1-12(2)42-43-13(3)14-6-4-5-7-15(14)20(25)36-16-10-19(24-9-8-18(22)23-21(24)26)35-17(16)11-34-40(30,31)38-41(32,33)37-39(27,28)29/h4-9,12-13,16-17,19H,10-11H2,1-3H3,(H,30,31)(H,32,33)(H2,22,23,26)(H2,27,28,29)/t13?,16?,17-,19-/m1/s1. The first-order chi connectivity index (χ1) is 19.9. The second-order valence-corrected chi connectivity index (χ2v) is 16.8. The van der Waals surface area contributed by atoms with Crippen LogP contribution in [0.5, 0.6) is 0 Å². The van der Waals surface area contributed by atoms with Crippen LogP contribution in [-0.4, -0.2) is 59.2 Å². The number of phosphoric ester groups is 1. The van der Waals surface area contributed by atoms with E-state index in [1.54, 1.807) is 45.9 Å². The summed E-state index contributed by atoms with van der Waals surface area (Å²) in [5, 5.41) is 0.227. The van der Waals surface area contributed by atoms with Gasteiger partial charge in [0.1, 0.15) is 24.3 Å². The van der Waals surface area contributed by atoms with Crippen LogP contribution in [0.4, 0.5) is 5.82 Å². The maximum Gasteiger partial charge on any atom is 0.490 e. The SMILES string of the molecule is CC(C)SSC(C)c1ccccc1C(=O)OC1C[C@H](n2ccc(N)nc2=O)O[C@@H]1COP(=O)(O)OP(=O)(O)OP(=O)(O)O. The highest BCUT2D eigenvalue weighted by Gasteiger charge is 2.44. The van der Waals surface area contributed by atoms with Gasteiger partial charge in [-0.05, 0) is 24.6 Å². The van der Waals surface area contributed by atoms with Gasteiger partial charge in [0.25, 0.3) is 0 Å². The second kappa shape index (κ2) is 14.7. The minimum atomic E-state index is -5.77. The van der Waals surface area contributed by atoms with E-state index in [0.717, 1.165) is 4.57 Å². The van der Waals surface area contributed by atoms with Crippen molar-refractivity contribution < 1.29 is 60.7 Å². The van der Waals surface area contributed by atoms with E-state index < -0.39 is 60.2 Å². The number of phosphoric acid groups is 3. The van der Waals surface area contributed by atoms with Gasteiger partial charge in [0, 0.05) is 23.1 Å². The molecule has 240 valence electrons. The number of rotatable bonds is 14. The molecule has 0 radical (unpaired) electrons. The Morgan fingerprint density at radius 1 is 1.09 bits per heavy atom. The predicted octanol–water partition coefficient (Wildman–Crippen LogP) is 3.53. The van der Waals surface area contributed by atoms with Crippen molar-refractivity contribution in [3.63, 3.8) is 0 Å². The summed E-state index contributed by atoms with van der Waals surface area (Å²) in [5.41, 5.74) is 5.66. The van der Waals surface area contributed by atoms with Gasteiger partial charge in [0.05, 0.1) is 12.2 Å². The number of nitrogens with zero attached hydrogens (tertiary/aromatic N) is 2. The molecule has 1 aliphatic rings. The number of ether oxygens (including phenoxy) is 2. The van der Waals surface area contributed by atoms with Crippen LogP contribution < -0.4 is 11.4 Å². The summed E-state index contributed by atoms with van der Waals surface area (Å²) in [6.45, 7) is 5.08. The summed E-state index contributed by atoms with van der Waals surface area (Å²) in [5.74, 6) is -0.830. The molecular formula is C21H30N3O14P3S2. The molecule has 2 aromatic rings. The van der Waals surface area contributed by atoms with Crippen molar-refractivity contribution in [3.05, 3.63) is 58.1 Å². The van der Waals surface area contributed by atoms with Crippen LogP contribution >= 0.6 is 45.1 Å². The van der Waals surface area contributed by atoms with Crippen LogP contribution in [0, 0.1) is 0 Å². The summed E-state index contributed by atoms with van der Waals surface area (Å²) in [6.07, 6.45) is -2.54. The zero-order valence-corrected chi connectivity index (χ0v) is 27.1. The lowest BCUT2D eigenvalue weighted by molar-refractivity contribution is -0.0511. The number of benzene rings is 1. The van der Waals surface area contributed by atoms with Crippen molar-refractivity contribution in [2.75, 3.05) is 12.3 Å². The first-order valence-corrected chi connectivity index (χ1v) is 19.1. The minimum absolute atomic E-state index is 0.0642. The Kier molecular flexibility index (Phi) is 12.3. The molecule has 0 amide bonds.